The second-order valence-electron chi connectivity index (χ2n) is 7.66. The zero-order valence-corrected chi connectivity index (χ0v) is 18.7. The number of ether oxygens (including phenoxy) is 1. The third kappa shape index (κ3) is 4.14. The van der Waals surface area contributed by atoms with Crippen LogP contribution in [-0.4, -0.2) is 11.0 Å². The molecular weight excluding hydrogens is 438 g/mol. The molecule has 4 aromatic rings. The SMILES string of the molecule is Cc1ccc(C(C)C)c(OC(=O)c2cc(-c3ccc(Br)cc3)nc3ccccc23)c1. The van der Waals surface area contributed by atoms with E-state index in [0.717, 1.165) is 37.8 Å². The second-order valence-corrected chi connectivity index (χ2v) is 8.58. The summed E-state index contributed by atoms with van der Waals surface area (Å²) in [6.07, 6.45) is 0. The number of para-hydroxylation sites is 1. The van der Waals surface area contributed by atoms with E-state index in [2.05, 4.69) is 29.8 Å². The standard InChI is InChI=1S/C26H22BrNO2/c1-16(2)20-13-8-17(3)14-25(20)30-26(29)22-15-24(18-9-11-19(27)12-10-18)28-23-7-5-4-6-21(22)23/h4-16H,1-3H3. The summed E-state index contributed by atoms with van der Waals surface area (Å²) in [7, 11) is 0. The van der Waals surface area contributed by atoms with Crippen molar-refractivity contribution in [2.24, 2.45) is 0 Å². The third-order valence-corrected chi connectivity index (χ3v) is 5.60. The molecule has 4 heteroatoms. The lowest BCUT2D eigenvalue weighted by Gasteiger charge is -2.15. The molecule has 0 atom stereocenters. The maximum absolute atomic E-state index is 13.3. The van der Waals surface area contributed by atoms with E-state index in [1.54, 1.807) is 0 Å². The molecule has 0 N–H and O–H groups in total. The Morgan fingerprint density at radius 2 is 1.70 bits per heavy atom. The second kappa shape index (κ2) is 8.41. The molecule has 3 nitrogen and oxygen atoms in total. The number of halogens is 1. The summed E-state index contributed by atoms with van der Waals surface area (Å²) in [5.74, 6) is 0.487. The van der Waals surface area contributed by atoms with Crippen LogP contribution in [0.1, 0.15) is 41.3 Å². The van der Waals surface area contributed by atoms with Crippen molar-refractivity contribution in [1.82, 2.24) is 4.98 Å². The zero-order valence-electron chi connectivity index (χ0n) is 17.1. The van der Waals surface area contributed by atoms with Crippen LogP contribution in [0.4, 0.5) is 0 Å². The number of carbonyl (C=O) groups excluding carboxylic acids is 1. The average molecular weight is 460 g/mol. The van der Waals surface area contributed by atoms with E-state index in [9.17, 15) is 4.79 Å². The van der Waals surface area contributed by atoms with Crippen molar-refractivity contribution in [3.05, 3.63) is 94.0 Å². The normalized spacial score (nSPS) is 11.1. The van der Waals surface area contributed by atoms with Crippen LogP contribution in [0.2, 0.25) is 0 Å². The Hall–Kier alpha value is -2.98. The summed E-state index contributed by atoms with van der Waals surface area (Å²) in [4.78, 5) is 18.1. The fourth-order valence-corrected chi connectivity index (χ4v) is 3.74. The van der Waals surface area contributed by atoms with Crippen LogP contribution in [0.5, 0.6) is 5.75 Å². The summed E-state index contributed by atoms with van der Waals surface area (Å²) in [5, 5.41) is 0.780. The Morgan fingerprint density at radius 3 is 2.43 bits per heavy atom. The van der Waals surface area contributed by atoms with Gasteiger partial charge in [-0.3, -0.25) is 0 Å². The van der Waals surface area contributed by atoms with E-state index in [-0.39, 0.29) is 11.9 Å². The predicted molar refractivity (Wildman–Crippen MR) is 125 cm³/mol. The first-order chi connectivity index (χ1) is 14.4. The number of hydrogen-bond donors (Lipinski definition) is 0. The predicted octanol–water partition coefficient (Wildman–Crippen LogP) is 7.32. The number of benzene rings is 3. The lowest BCUT2D eigenvalue weighted by atomic mass is 10.0. The molecule has 0 aliphatic rings. The third-order valence-electron chi connectivity index (χ3n) is 5.07. The number of hydrogen-bond acceptors (Lipinski definition) is 3. The molecule has 150 valence electrons. The molecule has 0 amide bonds. The monoisotopic (exact) mass is 459 g/mol. The van der Waals surface area contributed by atoms with Gasteiger partial charge in [-0.1, -0.05) is 72.2 Å². The van der Waals surface area contributed by atoms with Gasteiger partial charge in [-0.15, -0.1) is 0 Å². The first kappa shape index (κ1) is 20.3. The molecule has 0 bridgehead atoms. The first-order valence-corrected chi connectivity index (χ1v) is 10.7. The number of fused-ring (bicyclic) bond motifs is 1. The molecule has 4 rings (SSSR count). The largest absolute Gasteiger partial charge is 0.423 e. The van der Waals surface area contributed by atoms with E-state index in [4.69, 9.17) is 9.72 Å². The van der Waals surface area contributed by atoms with Crippen molar-refractivity contribution < 1.29 is 9.53 Å². The van der Waals surface area contributed by atoms with Gasteiger partial charge in [-0.05, 0) is 54.3 Å². The number of rotatable bonds is 4. The highest BCUT2D eigenvalue weighted by molar-refractivity contribution is 9.10. The molecule has 0 radical (unpaired) electrons. The summed E-state index contributed by atoms with van der Waals surface area (Å²) in [6.45, 7) is 6.18. The lowest BCUT2D eigenvalue weighted by Crippen LogP contribution is -2.12. The molecule has 0 saturated carbocycles. The minimum Gasteiger partial charge on any atom is -0.423 e. The van der Waals surface area contributed by atoms with Gasteiger partial charge in [-0.25, -0.2) is 9.78 Å². The molecule has 0 fully saturated rings. The smallest absolute Gasteiger partial charge is 0.344 e. The molecule has 1 heterocycles. The summed E-state index contributed by atoms with van der Waals surface area (Å²) < 4.78 is 6.91. The molecule has 3 aromatic carbocycles. The van der Waals surface area contributed by atoms with Crippen LogP contribution in [0, 0.1) is 6.92 Å². The van der Waals surface area contributed by atoms with E-state index in [1.165, 1.54) is 0 Å². The van der Waals surface area contributed by atoms with Gasteiger partial charge in [0, 0.05) is 15.4 Å². The Kier molecular flexibility index (Phi) is 5.69. The quantitative estimate of drug-likeness (QED) is 0.237. The summed E-state index contributed by atoms with van der Waals surface area (Å²) >= 11 is 3.46. The number of aromatic nitrogens is 1. The Balaban J connectivity index is 1.81. The van der Waals surface area contributed by atoms with E-state index in [0.29, 0.717) is 11.3 Å². The van der Waals surface area contributed by atoms with Gasteiger partial charge in [0.15, 0.2) is 0 Å². The molecule has 0 spiro atoms. The number of nitrogens with zero attached hydrogens (tertiary/aromatic N) is 1. The van der Waals surface area contributed by atoms with Gasteiger partial charge in [0.2, 0.25) is 0 Å². The molecular formula is C26H22BrNO2. The van der Waals surface area contributed by atoms with Crippen molar-refractivity contribution in [2.45, 2.75) is 26.7 Å². The fourth-order valence-electron chi connectivity index (χ4n) is 3.47. The fraction of sp³-hybridized carbons (Fsp3) is 0.154. The number of esters is 1. The summed E-state index contributed by atoms with van der Waals surface area (Å²) in [5.41, 5.74) is 5.02. The van der Waals surface area contributed by atoms with E-state index < -0.39 is 0 Å². The van der Waals surface area contributed by atoms with Gasteiger partial charge in [0.1, 0.15) is 5.75 Å². The Morgan fingerprint density at radius 1 is 0.967 bits per heavy atom. The van der Waals surface area contributed by atoms with Crippen molar-refractivity contribution in [3.63, 3.8) is 0 Å². The molecule has 1 aromatic heterocycles. The van der Waals surface area contributed by atoms with Gasteiger partial charge < -0.3 is 4.74 Å². The zero-order chi connectivity index (χ0) is 21.3. The molecule has 0 aliphatic heterocycles. The van der Waals surface area contributed by atoms with Crippen molar-refractivity contribution in [3.8, 4) is 17.0 Å². The highest BCUT2D eigenvalue weighted by atomic mass is 79.9. The molecule has 30 heavy (non-hydrogen) atoms. The van der Waals surface area contributed by atoms with Gasteiger partial charge in [-0.2, -0.15) is 0 Å². The highest BCUT2D eigenvalue weighted by Gasteiger charge is 2.18. The van der Waals surface area contributed by atoms with E-state index >= 15 is 0 Å². The van der Waals surface area contributed by atoms with Gasteiger partial charge in [0.25, 0.3) is 0 Å². The maximum atomic E-state index is 13.3. The van der Waals surface area contributed by atoms with Crippen molar-refractivity contribution in [2.75, 3.05) is 0 Å². The van der Waals surface area contributed by atoms with E-state index in [1.807, 2.05) is 79.7 Å². The van der Waals surface area contributed by atoms with Crippen LogP contribution >= 0.6 is 15.9 Å². The summed E-state index contributed by atoms with van der Waals surface area (Å²) in [6, 6.07) is 23.4. The van der Waals surface area contributed by atoms with Crippen LogP contribution in [0.3, 0.4) is 0 Å². The van der Waals surface area contributed by atoms with Crippen molar-refractivity contribution >= 4 is 32.8 Å². The molecule has 0 saturated heterocycles. The van der Waals surface area contributed by atoms with Crippen LogP contribution in [0.25, 0.3) is 22.2 Å². The lowest BCUT2D eigenvalue weighted by molar-refractivity contribution is 0.0735. The van der Waals surface area contributed by atoms with Crippen LogP contribution < -0.4 is 4.74 Å². The molecule has 0 aliphatic carbocycles. The van der Waals surface area contributed by atoms with Gasteiger partial charge in [0.05, 0.1) is 16.8 Å². The minimum atomic E-state index is -0.375. The minimum absolute atomic E-state index is 0.251. The maximum Gasteiger partial charge on any atom is 0.344 e. The first-order valence-electron chi connectivity index (χ1n) is 9.91. The Labute approximate surface area is 184 Å². The number of aryl methyl sites for hydroxylation is 1. The van der Waals surface area contributed by atoms with Gasteiger partial charge >= 0.3 is 5.97 Å². The topological polar surface area (TPSA) is 39.2 Å². The Bertz CT molecular complexity index is 1230. The van der Waals surface area contributed by atoms with Crippen molar-refractivity contribution in [1.29, 1.82) is 0 Å². The average Bonchev–Trinajstić information content (AvgIpc) is 2.73. The number of carbonyl (C=O) groups is 1. The van der Waals surface area contributed by atoms with Crippen LogP contribution in [0.15, 0.2) is 77.3 Å². The van der Waals surface area contributed by atoms with Crippen LogP contribution in [-0.2, 0) is 0 Å². The number of pyridine rings is 1. The highest BCUT2D eigenvalue weighted by Crippen LogP contribution is 2.30. The molecule has 0 unspecified atom stereocenters.